The molecule has 3 aliphatic rings. The van der Waals surface area contributed by atoms with E-state index < -0.39 is 268 Å². The van der Waals surface area contributed by atoms with Gasteiger partial charge in [0.2, 0.25) is 47.3 Å². The molecular formula is C97H149N10O37P. The molecule has 4 rings (SSSR count). The van der Waals surface area contributed by atoms with E-state index in [0.29, 0.717) is 88.4 Å². The molecule has 21 atom stereocenters. The molecule has 48 heteroatoms. The van der Waals surface area contributed by atoms with Crippen LogP contribution in [0.15, 0.2) is 24.3 Å². The van der Waals surface area contributed by atoms with Gasteiger partial charge in [0.15, 0.2) is 36.6 Å². The zero-order chi connectivity index (χ0) is 108. The summed E-state index contributed by atoms with van der Waals surface area (Å²) in [4.78, 5) is 260. The largest absolute Gasteiger partial charge is 0.465 e. The van der Waals surface area contributed by atoms with Gasteiger partial charge in [-0.15, -0.1) is 0 Å². The summed E-state index contributed by atoms with van der Waals surface area (Å²) in [7, 11) is -1.67. The van der Waals surface area contributed by atoms with E-state index in [4.69, 9.17) is 80.1 Å². The molecule has 47 nitrogen and oxygen atoms in total. The molecule has 0 aliphatic heterocycles. The predicted molar refractivity (Wildman–Crippen MR) is 510 cm³/mol. The summed E-state index contributed by atoms with van der Waals surface area (Å²) in [6.07, 6.45) is -12.7. The van der Waals surface area contributed by atoms with Gasteiger partial charge in [-0.1, -0.05) is 50.7 Å². The van der Waals surface area contributed by atoms with Crippen LogP contribution < -0.4 is 47.1 Å². The van der Waals surface area contributed by atoms with Crippen molar-refractivity contribution < 1.29 is 176 Å². The minimum Gasteiger partial charge on any atom is -0.465 e. The lowest BCUT2D eigenvalue weighted by Crippen LogP contribution is -2.69. The second-order valence-electron chi connectivity index (χ2n) is 36.0. The average Bonchev–Trinajstić information content (AvgIpc) is 0.768. The van der Waals surface area contributed by atoms with Crippen molar-refractivity contribution in [2.75, 3.05) is 65.9 Å². The number of benzene rings is 1. The number of unbranched alkanes of at least 4 members (excludes halogenated alkanes) is 9. The second kappa shape index (κ2) is 66.3. The number of nitriles is 1. The number of ether oxygens (including phenoxy) is 15. The minimum atomic E-state index is -1.67. The Bertz CT molecular complexity index is 4470. The van der Waals surface area contributed by atoms with E-state index in [1.54, 1.807) is 24.3 Å². The van der Waals surface area contributed by atoms with Crippen LogP contribution in [0.5, 0.6) is 5.75 Å². The van der Waals surface area contributed by atoms with Crippen molar-refractivity contribution in [3.8, 4) is 11.8 Å². The molecule has 3 saturated carbocycles. The Labute approximate surface area is 846 Å². The van der Waals surface area contributed by atoms with E-state index in [-0.39, 0.29) is 103 Å². The summed E-state index contributed by atoms with van der Waals surface area (Å²) < 4.78 is 101. The van der Waals surface area contributed by atoms with Gasteiger partial charge in [-0.3, -0.25) is 95.9 Å². The van der Waals surface area contributed by atoms with Crippen molar-refractivity contribution in [3.05, 3.63) is 29.8 Å². The maximum atomic E-state index is 15.0. The van der Waals surface area contributed by atoms with Crippen LogP contribution in [0.4, 0.5) is 0 Å². The number of esters is 12. The number of nitrogens with one attached hydrogen (secondary N) is 8. The Balaban J connectivity index is 1.64. The standard InChI is InChI=1S/C97H149N10O37P/c1-54(2)107(55(3)4)145(134-50-32-43-98)144-72-36-33-71(34-37-72)35-40-80(125)105-77(39-42-79(124)100-45-27-21-24-30-48-129-91-82(103-57(6)109)94(142-69(18)121)88(139-66(15)118)74(52-132-60(9)112)85(91)136-63(12)115)97(127)106-76(96(126)101-46-28-22-25-31-49-130-92-83(104-58(7)110)95(143-70(19)122)89(140-67(16)119)75(53-133-61(10)113)86(92)137-64(13)116)38-41-78(123)99-44-26-20-23-29-47-128-90-81(102-56(5)108)93(141-68(17)120)87(138-65(14)117)73(51-131-59(8)111)84(90)135-62(11)114/h33-34,36-37,54-55,73-77,81-95H,20-32,35,38-42,44-53H2,1-19H3,(H,99,123)(H,100,124)(H,101,126)(H,102,108)(H,103,109)(H,104,110)(H,105,125)(H,106,127). The fraction of sp³-hybridized carbons (Fsp3) is 0.722. The Morgan fingerprint density at radius 3 is 0.931 bits per heavy atom. The molecule has 21 unspecified atom stereocenters. The fourth-order valence-corrected chi connectivity index (χ4v) is 18.8. The van der Waals surface area contributed by atoms with Gasteiger partial charge in [0.05, 0.1) is 55.0 Å². The van der Waals surface area contributed by atoms with Crippen molar-refractivity contribution in [2.45, 2.75) is 369 Å². The molecule has 0 heterocycles. The summed E-state index contributed by atoms with van der Waals surface area (Å²) in [5, 5.41) is 31.4. The lowest BCUT2D eigenvalue weighted by Gasteiger charge is -2.48. The Kier molecular flexibility index (Phi) is 57.4. The highest BCUT2D eigenvalue weighted by Gasteiger charge is 2.61. The van der Waals surface area contributed by atoms with Gasteiger partial charge >= 0.3 is 80.2 Å². The molecule has 0 radical (unpaired) electrons. The monoisotopic (exact) mass is 2080 g/mol. The van der Waals surface area contributed by atoms with Crippen LogP contribution in [0, 0.1) is 29.1 Å². The smallest absolute Gasteiger partial charge is 0.321 e. The van der Waals surface area contributed by atoms with E-state index in [1.807, 2.05) is 27.7 Å². The number of nitrogens with zero attached hydrogens (tertiary/aromatic N) is 2. The topological polar surface area (TPSA) is 622 Å². The first kappa shape index (κ1) is 125. The predicted octanol–water partition coefficient (Wildman–Crippen LogP) is 4.47. The van der Waals surface area contributed by atoms with Crippen LogP contribution in [0.2, 0.25) is 0 Å². The first-order valence-corrected chi connectivity index (χ1v) is 50.0. The molecule has 1 aromatic rings. The number of hydrogen-bond donors (Lipinski definition) is 8. The van der Waals surface area contributed by atoms with Crippen LogP contribution in [0.1, 0.15) is 253 Å². The lowest BCUT2D eigenvalue weighted by atomic mass is 9.76. The van der Waals surface area contributed by atoms with Crippen molar-refractivity contribution in [2.24, 2.45) is 17.8 Å². The Morgan fingerprint density at radius 2 is 0.634 bits per heavy atom. The maximum Gasteiger partial charge on any atom is 0.321 e. The fourth-order valence-electron chi connectivity index (χ4n) is 17.2. The molecule has 0 saturated heterocycles. The van der Waals surface area contributed by atoms with Gasteiger partial charge < -0.3 is 123 Å². The molecule has 3 aliphatic carbocycles. The normalized spacial score (nSPS) is 22.6. The average molecular weight is 2080 g/mol. The first-order valence-electron chi connectivity index (χ1n) is 48.9. The zero-order valence-electron chi connectivity index (χ0n) is 86.5. The summed E-state index contributed by atoms with van der Waals surface area (Å²) >= 11 is 0. The van der Waals surface area contributed by atoms with E-state index in [0.717, 1.165) is 83.1 Å². The molecule has 0 aromatic heterocycles. The third kappa shape index (κ3) is 47.0. The minimum absolute atomic E-state index is 0.00235. The third-order valence-corrected chi connectivity index (χ3v) is 25.0. The maximum absolute atomic E-state index is 15.0. The van der Waals surface area contributed by atoms with Gasteiger partial charge in [0, 0.05) is 175 Å². The van der Waals surface area contributed by atoms with Crippen molar-refractivity contribution >= 4 is 127 Å². The lowest BCUT2D eigenvalue weighted by molar-refractivity contribution is -0.224. The van der Waals surface area contributed by atoms with Gasteiger partial charge in [-0.2, -0.15) is 5.26 Å². The van der Waals surface area contributed by atoms with Crippen molar-refractivity contribution in [1.29, 1.82) is 5.26 Å². The molecule has 814 valence electrons. The van der Waals surface area contributed by atoms with E-state index in [9.17, 15) is 101 Å². The van der Waals surface area contributed by atoms with Gasteiger partial charge in [-0.05, 0) is 103 Å². The number of hydrogen-bond acceptors (Lipinski definition) is 39. The summed E-state index contributed by atoms with van der Waals surface area (Å²) in [6.45, 7) is 23.5. The highest BCUT2D eigenvalue weighted by atomic mass is 31.2. The molecule has 0 bridgehead atoms. The zero-order valence-corrected chi connectivity index (χ0v) is 87.4. The van der Waals surface area contributed by atoms with Gasteiger partial charge in [0.1, 0.15) is 74.3 Å². The number of carbonyl (C=O) groups excluding carboxylic acids is 20. The van der Waals surface area contributed by atoms with E-state index in [1.165, 1.54) is 20.8 Å². The summed E-state index contributed by atoms with van der Waals surface area (Å²) in [6, 6.07) is 2.25. The molecule has 1 aromatic carbocycles. The molecule has 8 N–H and O–H groups in total. The number of amides is 8. The molecule has 3 fully saturated rings. The Hall–Kier alpha value is -11.9. The molecular weight excluding hydrogens is 1930 g/mol. The van der Waals surface area contributed by atoms with Crippen LogP contribution in [-0.2, 0) is 178 Å². The van der Waals surface area contributed by atoms with Crippen LogP contribution in [-0.4, -0.2) is 305 Å². The summed E-state index contributed by atoms with van der Waals surface area (Å²) in [5.41, 5.74) is 0.688. The Morgan fingerprint density at radius 1 is 0.338 bits per heavy atom. The first-order chi connectivity index (χ1) is 68.5. The van der Waals surface area contributed by atoms with Crippen LogP contribution in [0.3, 0.4) is 0 Å². The summed E-state index contributed by atoms with van der Waals surface area (Å²) in [5.74, 6) is -17.9. The number of carbonyl (C=O) groups is 20. The quantitative estimate of drug-likeness (QED) is 0.0193. The third-order valence-electron chi connectivity index (χ3n) is 23.0. The van der Waals surface area contributed by atoms with Crippen LogP contribution in [0.25, 0.3) is 0 Å². The molecule has 8 amide bonds. The highest BCUT2D eigenvalue weighted by Crippen LogP contribution is 2.47. The SMILES string of the molecule is CC(=O)NC1C(OCCCCCCNC(=O)CCC(NC(=O)CCc2ccc(OP(OCCC#N)N(C(C)C)C(C)C)cc2)C(=O)NC(CCC(=O)NCCCCCCOC2C(NC(C)=O)C(OC(C)=O)C(OC(C)=O)C(COC(C)=O)C2OC(C)=O)C(=O)NCCCCCCOC2C(NC(C)=O)C(OC(C)=O)C(OC(C)=O)C(COC(C)=O)C2OC(C)=O)C(OC(C)=O)C(COC(C)=O)C(OC(C)=O)C1OC(C)=O. The number of rotatable bonds is 63. The molecule has 0 spiro atoms. The second-order valence-corrected chi connectivity index (χ2v) is 37.4. The number of aryl methyl sites for hydroxylation is 1. The molecule has 145 heavy (non-hydrogen) atoms. The van der Waals surface area contributed by atoms with Crippen LogP contribution >= 0.6 is 8.53 Å². The van der Waals surface area contributed by atoms with E-state index >= 15 is 0 Å². The van der Waals surface area contributed by atoms with Gasteiger partial charge in [-0.25, -0.2) is 4.67 Å². The van der Waals surface area contributed by atoms with Crippen molar-refractivity contribution in [3.63, 3.8) is 0 Å². The highest BCUT2D eigenvalue weighted by molar-refractivity contribution is 7.45. The van der Waals surface area contributed by atoms with E-state index in [2.05, 4.69) is 53.3 Å². The van der Waals surface area contributed by atoms with Crippen molar-refractivity contribution in [1.82, 2.24) is 47.2 Å². The van der Waals surface area contributed by atoms with Gasteiger partial charge in [0.25, 0.3) is 0 Å².